The molecule has 0 unspecified atom stereocenters. The van der Waals surface area contributed by atoms with E-state index in [1.807, 2.05) is 0 Å². The van der Waals surface area contributed by atoms with E-state index in [0.29, 0.717) is 42.8 Å². The molecule has 0 bridgehead atoms. The summed E-state index contributed by atoms with van der Waals surface area (Å²) >= 11 is 0. The van der Waals surface area contributed by atoms with Gasteiger partial charge in [0, 0.05) is 15.6 Å². The summed E-state index contributed by atoms with van der Waals surface area (Å²) in [5.41, 5.74) is 2.39. The van der Waals surface area contributed by atoms with Crippen LogP contribution in [0.15, 0.2) is 72.8 Å². The predicted octanol–water partition coefficient (Wildman–Crippen LogP) is 4.20. The van der Waals surface area contributed by atoms with Crippen LogP contribution in [0.5, 0.6) is 11.5 Å². The maximum Gasteiger partial charge on any atom is 0.410 e. The van der Waals surface area contributed by atoms with Gasteiger partial charge >= 0.3 is 5.65 Å². The summed E-state index contributed by atoms with van der Waals surface area (Å²) in [7, 11) is 3.13. The van der Waals surface area contributed by atoms with Gasteiger partial charge in [-0.15, -0.1) is 0 Å². The summed E-state index contributed by atoms with van der Waals surface area (Å²) in [6, 6.07) is 21.0. The van der Waals surface area contributed by atoms with E-state index >= 15 is 0 Å². The highest BCUT2D eigenvalue weighted by Crippen LogP contribution is 2.33. The van der Waals surface area contributed by atoms with Gasteiger partial charge in [0.05, 0.1) is 19.9 Å². The number of hydrogen-bond acceptors (Lipinski definition) is 6. The standard InChI is InChI=1S/C24H18N4O4/c1-31-17-11-7-15(8-12-17)21-22(16-9-13-18(32-2)14-10-16)28(30)24-23(27(21)29)25-19-5-3-4-6-20(19)26-24/h3-14H,1-2H3. The Hall–Kier alpha value is -4.46. The second-order valence-corrected chi connectivity index (χ2v) is 7.10. The lowest BCUT2D eigenvalue weighted by Crippen LogP contribution is -2.25. The molecule has 0 N–H and O–H groups in total. The van der Waals surface area contributed by atoms with Crippen molar-refractivity contribution in [2.45, 2.75) is 0 Å². The molecule has 2 heterocycles. The first-order valence-corrected chi connectivity index (χ1v) is 9.85. The van der Waals surface area contributed by atoms with Gasteiger partial charge in [-0.1, -0.05) is 17.0 Å². The Morgan fingerprint density at radius 2 is 1.31 bits per heavy atom. The van der Waals surface area contributed by atoms with Crippen LogP contribution in [-0.4, -0.2) is 28.9 Å². The molecular formula is C24H18N4O4. The van der Waals surface area contributed by atoms with Crippen LogP contribution < -0.4 is 13.9 Å². The van der Waals surface area contributed by atoms with E-state index in [0.717, 1.165) is 0 Å². The van der Waals surface area contributed by atoms with Gasteiger partial charge in [-0.05, 0) is 65.6 Å². The fourth-order valence-electron chi connectivity index (χ4n) is 3.66. The van der Waals surface area contributed by atoms with Crippen molar-refractivity contribution < 1.29 is 13.9 Å². The molecular weight excluding hydrogens is 408 g/mol. The van der Waals surface area contributed by atoms with Crippen molar-refractivity contribution in [1.82, 2.24) is 14.7 Å². The van der Waals surface area contributed by atoms with E-state index in [4.69, 9.17) is 9.47 Å². The summed E-state index contributed by atoms with van der Waals surface area (Å²) in [5.74, 6) is 1.28. The van der Waals surface area contributed by atoms with Crippen molar-refractivity contribution in [2.75, 3.05) is 14.2 Å². The molecule has 0 atom stereocenters. The molecule has 0 aliphatic heterocycles. The number of aromatic nitrogens is 4. The van der Waals surface area contributed by atoms with Crippen LogP contribution in [0.3, 0.4) is 0 Å². The van der Waals surface area contributed by atoms with Crippen LogP contribution in [-0.2, 0) is 0 Å². The minimum absolute atomic E-state index is 0.0539. The number of hydrogen-bond donors (Lipinski definition) is 0. The Morgan fingerprint density at radius 3 is 1.88 bits per heavy atom. The summed E-state index contributed by atoms with van der Waals surface area (Å²) in [4.78, 5) is 22.5. The van der Waals surface area contributed by atoms with E-state index in [-0.39, 0.29) is 22.7 Å². The number of nitrogens with zero attached hydrogens (tertiary/aromatic N) is 4. The SMILES string of the molecule is COc1ccc(-c2c(-c3ccc(OC)cc3)[n+](=O)c3nc4ccccc4nc3n2[O-])cc1. The first-order chi connectivity index (χ1) is 15.6. The minimum atomic E-state index is -0.0539. The molecule has 0 aliphatic carbocycles. The number of ether oxygens (including phenoxy) is 2. The fourth-order valence-corrected chi connectivity index (χ4v) is 3.66. The van der Waals surface area contributed by atoms with Gasteiger partial charge in [-0.2, -0.15) is 0 Å². The zero-order valence-corrected chi connectivity index (χ0v) is 17.4. The molecule has 8 heteroatoms. The molecule has 2 aromatic heterocycles. The molecule has 0 spiro atoms. The summed E-state index contributed by atoms with van der Waals surface area (Å²) in [5, 5.41) is 13.6. The van der Waals surface area contributed by atoms with Gasteiger partial charge in [-0.3, -0.25) is 0 Å². The van der Waals surface area contributed by atoms with Gasteiger partial charge in [0.15, 0.2) is 0 Å². The summed E-state index contributed by atoms with van der Waals surface area (Å²) in [6.07, 6.45) is 0. The van der Waals surface area contributed by atoms with Crippen molar-refractivity contribution in [1.29, 1.82) is 0 Å². The van der Waals surface area contributed by atoms with E-state index in [9.17, 15) is 10.1 Å². The molecule has 3 aromatic carbocycles. The Morgan fingerprint density at radius 1 is 0.781 bits per heavy atom. The number of rotatable bonds is 4. The van der Waals surface area contributed by atoms with Gasteiger partial charge in [0.25, 0.3) is 0 Å². The van der Waals surface area contributed by atoms with Crippen molar-refractivity contribution >= 4 is 22.3 Å². The topological polar surface area (TPSA) is 95.2 Å². The Labute approximate surface area is 182 Å². The molecule has 5 rings (SSSR count). The molecule has 158 valence electrons. The molecule has 0 saturated carbocycles. The van der Waals surface area contributed by atoms with Gasteiger partial charge in [-0.25, -0.2) is 4.98 Å². The van der Waals surface area contributed by atoms with E-state index in [1.165, 1.54) is 0 Å². The summed E-state index contributed by atoms with van der Waals surface area (Å²) < 4.78 is 11.8. The van der Waals surface area contributed by atoms with E-state index in [1.54, 1.807) is 87.0 Å². The third-order valence-corrected chi connectivity index (χ3v) is 5.28. The molecule has 0 saturated heterocycles. The third kappa shape index (κ3) is 3.09. The highest BCUT2D eigenvalue weighted by atomic mass is 16.5. The zero-order valence-electron chi connectivity index (χ0n) is 17.4. The summed E-state index contributed by atoms with van der Waals surface area (Å²) in [6.45, 7) is 0. The minimum Gasteiger partial charge on any atom is -0.804 e. The molecule has 8 nitrogen and oxygen atoms in total. The van der Waals surface area contributed by atoms with E-state index < -0.39 is 0 Å². The van der Waals surface area contributed by atoms with E-state index in [2.05, 4.69) is 9.97 Å². The largest absolute Gasteiger partial charge is 0.804 e. The average molecular weight is 426 g/mol. The van der Waals surface area contributed by atoms with Gasteiger partial charge in [0.1, 0.15) is 17.0 Å². The first kappa shape index (κ1) is 19.5. The second-order valence-electron chi connectivity index (χ2n) is 7.10. The lowest BCUT2D eigenvalue weighted by Gasteiger charge is -2.20. The van der Waals surface area contributed by atoms with Crippen molar-refractivity contribution in [2.24, 2.45) is 0 Å². The maximum absolute atomic E-state index is 13.6. The Bertz CT molecular complexity index is 1510. The molecule has 0 aliphatic rings. The molecule has 0 fully saturated rings. The Kier molecular flexibility index (Phi) is 4.67. The molecule has 0 radical (unpaired) electrons. The van der Waals surface area contributed by atoms with Gasteiger partial charge < -0.3 is 19.4 Å². The normalized spacial score (nSPS) is 11.1. The number of benzene rings is 3. The molecule has 5 aromatic rings. The quantitative estimate of drug-likeness (QED) is 0.316. The molecule has 32 heavy (non-hydrogen) atoms. The van der Waals surface area contributed by atoms with Crippen molar-refractivity contribution in [3.63, 3.8) is 0 Å². The van der Waals surface area contributed by atoms with Crippen LogP contribution >= 0.6 is 0 Å². The second kappa shape index (κ2) is 7.66. The highest BCUT2D eigenvalue weighted by Gasteiger charge is 2.25. The Balaban J connectivity index is 1.89. The van der Waals surface area contributed by atoms with Crippen LogP contribution in [0.25, 0.3) is 44.8 Å². The lowest BCUT2D eigenvalue weighted by molar-refractivity contribution is -0.453. The van der Waals surface area contributed by atoms with Crippen molar-refractivity contribution in [3.8, 4) is 34.0 Å². The van der Waals surface area contributed by atoms with Crippen molar-refractivity contribution in [3.05, 3.63) is 82.9 Å². The van der Waals surface area contributed by atoms with Gasteiger partial charge in [0.2, 0.25) is 16.9 Å². The first-order valence-electron chi connectivity index (χ1n) is 9.85. The molecule has 0 amide bonds. The number of para-hydroxylation sites is 2. The third-order valence-electron chi connectivity index (χ3n) is 5.28. The van der Waals surface area contributed by atoms with Crippen LogP contribution in [0.1, 0.15) is 0 Å². The number of methoxy groups -OCH3 is 2. The zero-order chi connectivity index (χ0) is 22.2. The highest BCUT2D eigenvalue weighted by molar-refractivity contribution is 5.86. The number of fused-ring (bicyclic) bond motifs is 2. The monoisotopic (exact) mass is 426 g/mol. The smallest absolute Gasteiger partial charge is 0.410 e. The maximum atomic E-state index is 13.6. The lowest BCUT2D eigenvalue weighted by atomic mass is 10.0. The average Bonchev–Trinajstić information content (AvgIpc) is 2.85. The fraction of sp³-hybridized carbons (Fsp3) is 0.0833. The van der Waals surface area contributed by atoms with Crippen LogP contribution in [0, 0.1) is 10.1 Å². The van der Waals surface area contributed by atoms with Crippen LogP contribution in [0.4, 0.5) is 0 Å². The predicted molar refractivity (Wildman–Crippen MR) is 121 cm³/mol. The van der Waals surface area contributed by atoms with Crippen LogP contribution in [0.2, 0.25) is 0 Å².